The first kappa shape index (κ1) is 16.0. The summed E-state index contributed by atoms with van der Waals surface area (Å²) in [6, 6.07) is 3.29. The Kier molecular flexibility index (Phi) is 4.59. The summed E-state index contributed by atoms with van der Waals surface area (Å²) >= 11 is 19.9. The number of hydrogen-bond acceptors (Lipinski definition) is 3. The molecule has 0 atom stereocenters. The van der Waals surface area contributed by atoms with Crippen molar-refractivity contribution >= 4 is 46.6 Å². The minimum Gasteiger partial charge on any atom is -0.205 e. The molecule has 0 bridgehead atoms. The van der Waals surface area contributed by atoms with Gasteiger partial charge in [0.1, 0.15) is 5.69 Å². The lowest BCUT2D eigenvalue weighted by atomic mass is 9.96. The molecule has 0 saturated heterocycles. The predicted octanol–water partition coefficient (Wildman–Crippen LogP) is 5.25. The fourth-order valence-electron chi connectivity index (χ4n) is 1.63. The van der Waals surface area contributed by atoms with Gasteiger partial charge in [-0.1, -0.05) is 67.3 Å². The minimum absolute atomic E-state index is 0.152. The first-order valence-electron chi connectivity index (χ1n) is 5.90. The molecule has 1 aromatic heterocycles. The number of halogens is 3. The van der Waals surface area contributed by atoms with Crippen LogP contribution in [0.5, 0.6) is 0 Å². The van der Waals surface area contributed by atoms with Gasteiger partial charge in [0.2, 0.25) is 0 Å². The Morgan fingerprint density at radius 3 is 2.10 bits per heavy atom. The highest BCUT2D eigenvalue weighted by molar-refractivity contribution is 7.98. The molecule has 108 valence electrons. The maximum Gasteiger partial charge on any atom is 0.191 e. The van der Waals surface area contributed by atoms with Crippen molar-refractivity contribution in [1.29, 1.82) is 0 Å². The van der Waals surface area contributed by atoms with Crippen LogP contribution in [0, 0.1) is 0 Å². The monoisotopic (exact) mass is 349 g/mol. The van der Waals surface area contributed by atoms with Gasteiger partial charge in [0.15, 0.2) is 11.0 Å². The molecule has 0 saturated carbocycles. The highest BCUT2D eigenvalue weighted by atomic mass is 35.5. The van der Waals surface area contributed by atoms with E-state index >= 15 is 0 Å². The molecule has 0 aliphatic heterocycles. The van der Waals surface area contributed by atoms with Gasteiger partial charge >= 0.3 is 0 Å². The second-order valence-corrected chi connectivity index (χ2v) is 7.33. The summed E-state index contributed by atoms with van der Waals surface area (Å²) in [7, 11) is 0. The molecule has 0 unspecified atom stereocenters. The Morgan fingerprint density at radius 2 is 1.65 bits per heavy atom. The maximum atomic E-state index is 6.26. The fourth-order valence-corrected chi connectivity index (χ4v) is 3.09. The van der Waals surface area contributed by atoms with E-state index in [4.69, 9.17) is 34.8 Å². The van der Waals surface area contributed by atoms with Crippen molar-refractivity contribution in [2.75, 3.05) is 6.26 Å². The second kappa shape index (κ2) is 5.76. The average Bonchev–Trinajstić information content (AvgIpc) is 2.71. The van der Waals surface area contributed by atoms with Crippen LogP contribution in [0.1, 0.15) is 26.6 Å². The molecule has 2 aromatic rings. The van der Waals surface area contributed by atoms with Gasteiger partial charge < -0.3 is 0 Å². The van der Waals surface area contributed by atoms with Crippen LogP contribution in [-0.2, 0) is 5.41 Å². The van der Waals surface area contributed by atoms with Crippen LogP contribution in [0.2, 0.25) is 15.1 Å². The summed E-state index contributed by atoms with van der Waals surface area (Å²) in [4.78, 5) is 4.55. The zero-order valence-corrected chi connectivity index (χ0v) is 14.6. The van der Waals surface area contributed by atoms with Crippen molar-refractivity contribution in [1.82, 2.24) is 14.8 Å². The molecule has 2 rings (SSSR count). The molecule has 0 radical (unpaired) electrons. The van der Waals surface area contributed by atoms with Gasteiger partial charge in [-0.05, 0) is 18.4 Å². The van der Waals surface area contributed by atoms with Gasteiger partial charge in [0.25, 0.3) is 0 Å². The SMILES string of the molecule is CSc1nc(C(C)(C)C)nn1-c1c(Cl)cc(Cl)cc1Cl. The quantitative estimate of drug-likeness (QED) is 0.693. The number of hydrogen-bond donors (Lipinski definition) is 0. The van der Waals surface area contributed by atoms with Crippen molar-refractivity contribution in [2.45, 2.75) is 31.3 Å². The molecule has 3 nitrogen and oxygen atoms in total. The van der Waals surface area contributed by atoms with E-state index in [1.807, 2.05) is 6.26 Å². The normalized spacial score (nSPS) is 11.9. The van der Waals surface area contributed by atoms with Crippen molar-refractivity contribution in [3.8, 4) is 5.69 Å². The molecule has 0 N–H and O–H groups in total. The van der Waals surface area contributed by atoms with Crippen LogP contribution >= 0.6 is 46.6 Å². The number of rotatable bonds is 2. The maximum absolute atomic E-state index is 6.26. The molecule has 7 heteroatoms. The van der Waals surface area contributed by atoms with Crippen LogP contribution < -0.4 is 0 Å². The first-order valence-corrected chi connectivity index (χ1v) is 8.26. The van der Waals surface area contributed by atoms with Gasteiger partial charge in [0, 0.05) is 10.4 Å². The molecule has 1 heterocycles. The average molecular weight is 351 g/mol. The third kappa shape index (κ3) is 3.08. The summed E-state index contributed by atoms with van der Waals surface area (Å²) < 4.78 is 1.67. The largest absolute Gasteiger partial charge is 0.205 e. The van der Waals surface area contributed by atoms with E-state index in [1.165, 1.54) is 11.8 Å². The van der Waals surface area contributed by atoms with Crippen LogP contribution in [0.3, 0.4) is 0 Å². The van der Waals surface area contributed by atoms with E-state index < -0.39 is 0 Å². The predicted molar refractivity (Wildman–Crippen MR) is 86.9 cm³/mol. The Bertz CT molecular complexity index is 624. The fraction of sp³-hybridized carbons (Fsp3) is 0.385. The van der Waals surface area contributed by atoms with Gasteiger partial charge in [0.05, 0.1) is 10.0 Å². The molecule has 0 amide bonds. The Hall–Kier alpha value is -0.420. The van der Waals surface area contributed by atoms with Crippen LogP contribution in [0.25, 0.3) is 5.69 Å². The van der Waals surface area contributed by atoms with Gasteiger partial charge in [-0.25, -0.2) is 9.67 Å². The number of benzene rings is 1. The summed E-state index contributed by atoms with van der Waals surface area (Å²) in [5.74, 6) is 0.740. The highest BCUT2D eigenvalue weighted by Crippen LogP contribution is 2.34. The standard InChI is InChI=1S/C13H14Cl3N3S/c1-13(2,3)11-17-12(20-4)19(18-11)10-8(15)5-7(14)6-9(10)16/h5-6H,1-4H3. The lowest BCUT2D eigenvalue weighted by Crippen LogP contribution is -2.14. The van der Waals surface area contributed by atoms with Gasteiger partial charge in [-0.2, -0.15) is 0 Å². The van der Waals surface area contributed by atoms with Gasteiger partial charge in [-0.15, -0.1) is 5.10 Å². The van der Waals surface area contributed by atoms with E-state index in [9.17, 15) is 0 Å². The first-order chi connectivity index (χ1) is 9.24. The lowest BCUT2D eigenvalue weighted by molar-refractivity contribution is 0.543. The van der Waals surface area contributed by atoms with E-state index in [2.05, 4.69) is 30.9 Å². The molecular weight excluding hydrogens is 337 g/mol. The third-order valence-electron chi connectivity index (χ3n) is 2.62. The Balaban J connectivity index is 2.67. The summed E-state index contributed by atoms with van der Waals surface area (Å²) in [5, 5.41) is 6.67. The molecule has 1 aromatic carbocycles. The third-order valence-corrected chi connectivity index (χ3v) is 4.05. The van der Waals surface area contributed by atoms with E-state index in [0.29, 0.717) is 20.8 Å². The molecule has 20 heavy (non-hydrogen) atoms. The summed E-state index contributed by atoms with van der Waals surface area (Å²) in [6.07, 6.45) is 1.94. The van der Waals surface area contributed by atoms with Crippen molar-refractivity contribution in [3.63, 3.8) is 0 Å². The molecular formula is C13H14Cl3N3S. The highest BCUT2D eigenvalue weighted by Gasteiger charge is 2.24. The van der Waals surface area contributed by atoms with Gasteiger partial charge in [-0.3, -0.25) is 0 Å². The van der Waals surface area contributed by atoms with E-state index in [-0.39, 0.29) is 5.41 Å². The molecule has 0 fully saturated rings. The van der Waals surface area contributed by atoms with Crippen molar-refractivity contribution in [2.24, 2.45) is 0 Å². The zero-order chi connectivity index (χ0) is 15.1. The molecule has 0 aliphatic rings. The van der Waals surface area contributed by atoms with E-state index in [0.717, 1.165) is 11.0 Å². The Morgan fingerprint density at radius 1 is 1.10 bits per heavy atom. The molecule has 0 spiro atoms. The van der Waals surface area contributed by atoms with Crippen LogP contribution in [0.15, 0.2) is 17.3 Å². The number of thioether (sulfide) groups is 1. The van der Waals surface area contributed by atoms with Crippen LogP contribution in [-0.4, -0.2) is 21.0 Å². The van der Waals surface area contributed by atoms with E-state index in [1.54, 1.807) is 16.8 Å². The lowest BCUT2D eigenvalue weighted by Gasteiger charge is -2.12. The minimum atomic E-state index is -0.152. The number of nitrogens with zero attached hydrogens (tertiary/aromatic N) is 3. The summed E-state index contributed by atoms with van der Waals surface area (Å²) in [6.45, 7) is 6.17. The summed E-state index contributed by atoms with van der Waals surface area (Å²) in [5.41, 5.74) is 0.450. The topological polar surface area (TPSA) is 30.7 Å². The Labute approximate surface area is 137 Å². The number of aromatic nitrogens is 3. The smallest absolute Gasteiger partial charge is 0.191 e. The van der Waals surface area contributed by atoms with Crippen LogP contribution in [0.4, 0.5) is 0 Å². The van der Waals surface area contributed by atoms with Crippen molar-refractivity contribution in [3.05, 3.63) is 33.0 Å². The molecule has 0 aliphatic carbocycles. The second-order valence-electron chi connectivity index (χ2n) is 5.30. The zero-order valence-electron chi connectivity index (χ0n) is 11.5. The van der Waals surface area contributed by atoms with Crippen molar-refractivity contribution < 1.29 is 0 Å².